The molecule has 1 aliphatic heterocycles. The standard InChI is InChI=1S/C23H21N5O4S2/c1-32-17-10-11-20-19(13-17)21(22(29)27(20)14-15-6-3-2-4-7-15)26-28(23(24)33)16-8-5-9-18(12-16)34(25,30)31/h2-13H,14H2,1H3,(H2,24,33)(H2,25,30,31)/b26-21-. The van der Waals surface area contributed by atoms with Gasteiger partial charge in [0, 0.05) is 5.56 Å². The number of fused-ring (bicyclic) bond motifs is 1. The lowest BCUT2D eigenvalue weighted by atomic mass is 10.1. The summed E-state index contributed by atoms with van der Waals surface area (Å²) in [5, 5.41) is 10.7. The number of amides is 1. The van der Waals surface area contributed by atoms with Gasteiger partial charge in [-0.15, -0.1) is 0 Å². The lowest BCUT2D eigenvalue weighted by Gasteiger charge is -2.19. The minimum Gasteiger partial charge on any atom is -0.497 e. The van der Waals surface area contributed by atoms with Crippen LogP contribution in [0.3, 0.4) is 0 Å². The van der Waals surface area contributed by atoms with Crippen LogP contribution in [-0.2, 0) is 21.4 Å². The van der Waals surface area contributed by atoms with E-state index in [1.165, 1.54) is 25.3 Å². The molecule has 0 fully saturated rings. The zero-order valence-electron chi connectivity index (χ0n) is 18.1. The number of carbonyl (C=O) groups is 1. The third-order valence-corrected chi connectivity index (χ3v) is 6.26. The van der Waals surface area contributed by atoms with Gasteiger partial charge in [0.15, 0.2) is 10.8 Å². The molecule has 4 rings (SSSR count). The summed E-state index contributed by atoms with van der Waals surface area (Å²) in [6.45, 7) is 0.325. The van der Waals surface area contributed by atoms with E-state index >= 15 is 0 Å². The Labute approximate surface area is 202 Å². The lowest BCUT2D eigenvalue weighted by Crippen LogP contribution is -2.35. The number of nitrogens with two attached hydrogens (primary N) is 2. The summed E-state index contributed by atoms with van der Waals surface area (Å²) in [6, 6.07) is 20.4. The van der Waals surface area contributed by atoms with Gasteiger partial charge in [0.2, 0.25) is 10.0 Å². The van der Waals surface area contributed by atoms with Gasteiger partial charge < -0.3 is 15.4 Å². The Hall–Kier alpha value is -3.80. The van der Waals surface area contributed by atoms with Gasteiger partial charge in [-0.05, 0) is 54.2 Å². The molecule has 0 saturated carbocycles. The van der Waals surface area contributed by atoms with Gasteiger partial charge in [0.05, 0.1) is 29.9 Å². The first-order valence-electron chi connectivity index (χ1n) is 10.0. The number of hydrogen-bond donors (Lipinski definition) is 2. The number of ether oxygens (including phenoxy) is 1. The highest BCUT2D eigenvalue weighted by Gasteiger charge is 2.35. The Kier molecular flexibility index (Phi) is 6.33. The second-order valence-electron chi connectivity index (χ2n) is 7.40. The Morgan fingerprint density at radius 2 is 1.82 bits per heavy atom. The van der Waals surface area contributed by atoms with E-state index in [0.29, 0.717) is 23.5 Å². The van der Waals surface area contributed by atoms with Crippen LogP contribution in [0.15, 0.2) is 82.8 Å². The van der Waals surface area contributed by atoms with Crippen LogP contribution in [0.25, 0.3) is 0 Å². The fourth-order valence-corrected chi connectivity index (χ4v) is 4.27. The third kappa shape index (κ3) is 4.62. The van der Waals surface area contributed by atoms with Gasteiger partial charge in [0.25, 0.3) is 5.91 Å². The highest BCUT2D eigenvalue weighted by molar-refractivity contribution is 7.89. The smallest absolute Gasteiger partial charge is 0.279 e. The number of carbonyl (C=O) groups excluding carboxylic acids is 1. The molecular weight excluding hydrogens is 474 g/mol. The van der Waals surface area contributed by atoms with E-state index in [1.54, 1.807) is 29.2 Å². The molecule has 1 aliphatic rings. The molecule has 9 nitrogen and oxygen atoms in total. The number of anilines is 2. The Balaban J connectivity index is 1.82. The van der Waals surface area contributed by atoms with Gasteiger partial charge in [-0.2, -0.15) is 5.10 Å². The van der Waals surface area contributed by atoms with Crippen LogP contribution in [0.5, 0.6) is 5.75 Å². The van der Waals surface area contributed by atoms with Crippen molar-refractivity contribution in [2.24, 2.45) is 16.0 Å². The highest BCUT2D eigenvalue weighted by Crippen LogP contribution is 2.34. The summed E-state index contributed by atoms with van der Waals surface area (Å²) in [7, 11) is -2.45. The SMILES string of the molecule is COc1ccc2c(c1)/C(=N/N(C(N)=S)c1cccc(S(N)(=O)=O)c1)C(=O)N2Cc1ccccc1. The average molecular weight is 496 g/mol. The molecule has 0 aliphatic carbocycles. The number of rotatable bonds is 6. The molecule has 1 amide bonds. The van der Waals surface area contributed by atoms with Crippen molar-refractivity contribution in [2.75, 3.05) is 17.0 Å². The number of methoxy groups -OCH3 is 1. The maximum absolute atomic E-state index is 13.5. The second-order valence-corrected chi connectivity index (χ2v) is 9.38. The van der Waals surface area contributed by atoms with Crippen LogP contribution < -0.4 is 25.5 Å². The van der Waals surface area contributed by atoms with Crippen LogP contribution in [0.1, 0.15) is 11.1 Å². The first-order chi connectivity index (χ1) is 16.2. The van der Waals surface area contributed by atoms with Crippen molar-refractivity contribution in [3.8, 4) is 5.75 Å². The van der Waals surface area contributed by atoms with Crippen LogP contribution in [0, 0.1) is 0 Å². The summed E-state index contributed by atoms with van der Waals surface area (Å²) < 4.78 is 29.0. The minimum atomic E-state index is -3.97. The number of hydrogen-bond acceptors (Lipinski definition) is 6. The fraction of sp³-hybridized carbons (Fsp3) is 0.0870. The number of thiocarbonyl (C=S) groups is 1. The summed E-state index contributed by atoms with van der Waals surface area (Å²) in [5.41, 5.74) is 8.34. The molecule has 0 radical (unpaired) electrons. The largest absolute Gasteiger partial charge is 0.497 e. The first kappa shape index (κ1) is 23.4. The van der Waals surface area contributed by atoms with Crippen molar-refractivity contribution in [2.45, 2.75) is 11.4 Å². The van der Waals surface area contributed by atoms with Crippen molar-refractivity contribution < 1.29 is 17.9 Å². The second kappa shape index (κ2) is 9.21. The molecule has 3 aromatic carbocycles. The van der Waals surface area contributed by atoms with Crippen molar-refractivity contribution in [3.05, 3.63) is 83.9 Å². The molecular formula is C23H21N5O4S2. The molecule has 0 saturated heterocycles. The summed E-state index contributed by atoms with van der Waals surface area (Å²) >= 11 is 5.16. The third-order valence-electron chi connectivity index (χ3n) is 5.18. The fourth-order valence-electron chi connectivity index (χ4n) is 3.57. The molecule has 4 N–H and O–H groups in total. The molecule has 34 heavy (non-hydrogen) atoms. The van der Waals surface area contributed by atoms with E-state index in [-0.39, 0.29) is 27.3 Å². The molecule has 174 valence electrons. The van der Waals surface area contributed by atoms with Gasteiger partial charge in [0.1, 0.15) is 5.75 Å². The molecule has 0 aromatic heterocycles. The summed E-state index contributed by atoms with van der Waals surface area (Å²) in [6.07, 6.45) is 0. The van der Waals surface area contributed by atoms with Crippen LogP contribution in [-0.4, -0.2) is 32.3 Å². The monoisotopic (exact) mass is 495 g/mol. The predicted octanol–water partition coefficient (Wildman–Crippen LogP) is 2.34. The maximum Gasteiger partial charge on any atom is 0.279 e. The number of primary sulfonamides is 1. The van der Waals surface area contributed by atoms with E-state index in [4.69, 9.17) is 27.8 Å². The van der Waals surface area contributed by atoms with Gasteiger partial charge >= 0.3 is 0 Å². The van der Waals surface area contributed by atoms with Crippen molar-refractivity contribution in [1.29, 1.82) is 0 Å². The Morgan fingerprint density at radius 1 is 1.09 bits per heavy atom. The first-order valence-corrected chi connectivity index (χ1v) is 12.0. The average Bonchev–Trinajstić information content (AvgIpc) is 3.07. The van der Waals surface area contributed by atoms with E-state index < -0.39 is 10.0 Å². The highest BCUT2D eigenvalue weighted by atomic mass is 32.2. The van der Waals surface area contributed by atoms with E-state index in [9.17, 15) is 13.2 Å². The van der Waals surface area contributed by atoms with Gasteiger partial charge in [-0.3, -0.25) is 4.79 Å². The molecule has 0 spiro atoms. The van der Waals surface area contributed by atoms with Crippen LogP contribution >= 0.6 is 12.2 Å². The quantitative estimate of drug-likeness (QED) is 0.396. The topological polar surface area (TPSA) is 131 Å². The zero-order chi connectivity index (χ0) is 24.5. The normalized spacial score (nSPS) is 14.2. The number of hydrazone groups is 1. The van der Waals surface area contributed by atoms with E-state index in [0.717, 1.165) is 10.6 Å². The molecule has 1 heterocycles. The Bertz CT molecular complexity index is 1410. The van der Waals surface area contributed by atoms with E-state index in [1.807, 2.05) is 30.3 Å². The minimum absolute atomic E-state index is 0.0821. The van der Waals surface area contributed by atoms with Crippen LogP contribution in [0.4, 0.5) is 11.4 Å². The Morgan fingerprint density at radius 3 is 2.47 bits per heavy atom. The van der Waals surface area contributed by atoms with E-state index in [2.05, 4.69) is 5.10 Å². The van der Waals surface area contributed by atoms with Crippen molar-refractivity contribution >= 4 is 50.3 Å². The predicted molar refractivity (Wildman–Crippen MR) is 134 cm³/mol. The molecule has 0 atom stereocenters. The van der Waals surface area contributed by atoms with Crippen molar-refractivity contribution in [3.63, 3.8) is 0 Å². The summed E-state index contributed by atoms with van der Waals surface area (Å²) in [4.78, 5) is 15.0. The van der Waals surface area contributed by atoms with Gasteiger partial charge in [-0.1, -0.05) is 36.4 Å². The number of nitrogens with zero attached hydrogens (tertiary/aromatic N) is 3. The summed E-state index contributed by atoms with van der Waals surface area (Å²) in [5.74, 6) is 0.176. The number of sulfonamides is 1. The maximum atomic E-state index is 13.5. The number of benzene rings is 3. The molecule has 0 unspecified atom stereocenters. The molecule has 11 heteroatoms. The van der Waals surface area contributed by atoms with Gasteiger partial charge in [-0.25, -0.2) is 18.6 Å². The van der Waals surface area contributed by atoms with Crippen molar-refractivity contribution in [1.82, 2.24) is 0 Å². The van der Waals surface area contributed by atoms with Crippen LogP contribution in [0.2, 0.25) is 0 Å². The molecule has 0 bridgehead atoms. The zero-order valence-corrected chi connectivity index (χ0v) is 19.7. The molecule has 3 aromatic rings. The lowest BCUT2D eigenvalue weighted by molar-refractivity contribution is -0.112.